The zero-order chi connectivity index (χ0) is 13.0. The highest BCUT2D eigenvalue weighted by atomic mass is 79.9. The summed E-state index contributed by atoms with van der Waals surface area (Å²) >= 11 is 3.20. The van der Waals surface area contributed by atoms with E-state index in [1.54, 1.807) is 24.3 Å². The molecular formula is C13H12BrNO3. The van der Waals surface area contributed by atoms with Gasteiger partial charge in [0.2, 0.25) is 0 Å². The largest absolute Gasteiger partial charge is 0.480 e. The van der Waals surface area contributed by atoms with Crippen LogP contribution in [0.3, 0.4) is 0 Å². The van der Waals surface area contributed by atoms with Crippen LogP contribution in [-0.4, -0.2) is 11.1 Å². The molecule has 0 aliphatic carbocycles. The summed E-state index contributed by atoms with van der Waals surface area (Å²) in [5, 5.41) is 12.2. The molecule has 0 amide bonds. The van der Waals surface area contributed by atoms with Gasteiger partial charge in [0, 0.05) is 0 Å². The topological polar surface area (TPSA) is 62.5 Å². The van der Waals surface area contributed by atoms with Crippen molar-refractivity contribution in [3.05, 3.63) is 58.5 Å². The lowest BCUT2D eigenvalue weighted by Gasteiger charge is -2.13. The van der Waals surface area contributed by atoms with Gasteiger partial charge in [0.25, 0.3) is 0 Å². The van der Waals surface area contributed by atoms with Crippen molar-refractivity contribution in [2.24, 2.45) is 0 Å². The van der Waals surface area contributed by atoms with E-state index in [1.165, 1.54) is 0 Å². The monoisotopic (exact) mass is 309 g/mol. The van der Waals surface area contributed by atoms with Crippen molar-refractivity contribution < 1.29 is 14.3 Å². The van der Waals surface area contributed by atoms with Crippen LogP contribution < -0.4 is 5.32 Å². The van der Waals surface area contributed by atoms with Crippen LogP contribution in [0.15, 0.2) is 51.6 Å². The Hall–Kier alpha value is -1.59. The summed E-state index contributed by atoms with van der Waals surface area (Å²) < 4.78 is 5.94. The summed E-state index contributed by atoms with van der Waals surface area (Å²) in [6, 6.07) is 11.9. The maximum Gasteiger partial charge on any atom is 0.325 e. The summed E-state index contributed by atoms with van der Waals surface area (Å²) in [5.41, 5.74) is 0.718. The molecule has 1 aromatic heterocycles. The summed E-state index contributed by atoms with van der Waals surface area (Å²) in [6.45, 7) is 0.359. The minimum atomic E-state index is -0.910. The van der Waals surface area contributed by atoms with Crippen LogP contribution in [-0.2, 0) is 11.3 Å². The summed E-state index contributed by atoms with van der Waals surface area (Å²) in [4.78, 5) is 11.2. The number of hydrogen-bond acceptors (Lipinski definition) is 3. The Labute approximate surface area is 113 Å². The molecule has 2 rings (SSSR count). The first-order valence-corrected chi connectivity index (χ1v) is 6.21. The Morgan fingerprint density at radius 3 is 2.56 bits per heavy atom. The van der Waals surface area contributed by atoms with Gasteiger partial charge in [-0.05, 0) is 33.6 Å². The highest BCUT2D eigenvalue weighted by Crippen LogP contribution is 2.17. The maximum atomic E-state index is 11.2. The Bertz CT molecular complexity index is 524. The van der Waals surface area contributed by atoms with Crippen molar-refractivity contribution in [2.45, 2.75) is 12.6 Å². The third-order valence-corrected chi connectivity index (χ3v) is 2.92. The molecule has 0 aliphatic rings. The number of nitrogens with one attached hydrogen (secondary N) is 1. The highest BCUT2D eigenvalue weighted by Gasteiger charge is 2.19. The normalized spacial score (nSPS) is 12.3. The molecule has 1 atom stereocenters. The van der Waals surface area contributed by atoms with Crippen LogP contribution >= 0.6 is 15.9 Å². The van der Waals surface area contributed by atoms with Crippen LogP contribution in [0.2, 0.25) is 0 Å². The van der Waals surface area contributed by atoms with Gasteiger partial charge >= 0.3 is 5.97 Å². The molecule has 0 fully saturated rings. The number of carboxylic acids is 1. The molecule has 1 heterocycles. The molecule has 4 nitrogen and oxygen atoms in total. The molecule has 0 spiro atoms. The zero-order valence-corrected chi connectivity index (χ0v) is 11.1. The van der Waals surface area contributed by atoms with E-state index < -0.39 is 12.0 Å². The van der Waals surface area contributed by atoms with Crippen molar-refractivity contribution >= 4 is 21.9 Å². The number of carboxylic acid groups (broad SMARTS) is 1. The number of benzene rings is 1. The van der Waals surface area contributed by atoms with E-state index in [-0.39, 0.29) is 0 Å². The number of halogens is 1. The minimum Gasteiger partial charge on any atom is -0.480 e. The van der Waals surface area contributed by atoms with Gasteiger partial charge < -0.3 is 9.52 Å². The number of hydrogen-bond donors (Lipinski definition) is 2. The molecule has 94 valence electrons. The van der Waals surface area contributed by atoms with E-state index in [9.17, 15) is 9.90 Å². The third kappa shape index (κ3) is 3.21. The van der Waals surface area contributed by atoms with Crippen molar-refractivity contribution in [3.63, 3.8) is 0 Å². The summed E-state index contributed by atoms with van der Waals surface area (Å²) in [6.07, 6.45) is 0. The Balaban J connectivity index is 2.06. The second-order valence-electron chi connectivity index (χ2n) is 3.77. The Morgan fingerprint density at radius 1 is 1.28 bits per heavy atom. The van der Waals surface area contributed by atoms with E-state index in [1.807, 2.05) is 18.2 Å². The van der Waals surface area contributed by atoms with Gasteiger partial charge in [-0.15, -0.1) is 0 Å². The van der Waals surface area contributed by atoms with E-state index in [4.69, 9.17) is 4.42 Å². The zero-order valence-electron chi connectivity index (χ0n) is 9.47. The molecular weight excluding hydrogens is 298 g/mol. The smallest absolute Gasteiger partial charge is 0.325 e. The molecule has 0 saturated heterocycles. The number of aliphatic carboxylic acids is 1. The molecule has 1 aromatic carbocycles. The van der Waals surface area contributed by atoms with Gasteiger partial charge in [-0.1, -0.05) is 30.3 Å². The van der Waals surface area contributed by atoms with E-state index in [0.29, 0.717) is 17.0 Å². The summed E-state index contributed by atoms with van der Waals surface area (Å²) in [5.74, 6) is -0.226. The van der Waals surface area contributed by atoms with Gasteiger partial charge in [-0.2, -0.15) is 0 Å². The van der Waals surface area contributed by atoms with Crippen molar-refractivity contribution in [1.82, 2.24) is 5.32 Å². The predicted molar refractivity (Wildman–Crippen MR) is 70.1 cm³/mol. The standard InChI is InChI=1S/C13H12BrNO3/c14-11-7-6-10(18-11)8-15-12(13(16)17)9-4-2-1-3-5-9/h1-7,12,15H,8H2,(H,16,17). The van der Waals surface area contributed by atoms with Gasteiger partial charge in [-0.25, -0.2) is 0 Å². The van der Waals surface area contributed by atoms with Gasteiger partial charge in [-0.3, -0.25) is 10.1 Å². The van der Waals surface area contributed by atoms with Gasteiger partial charge in [0.1, 0.15) is 11.8 Å². The van der Waals surface area contributed by atoms with E-state index in [2.05, 4.69) is 21.2 Å². The van der Waals surface area contributed by atoms with Crippen LogP contribution in [0, 0.1) is 0 Å². The predicted octanol–water partition coefficient (Wildman–Crippen LogP) is 2.96. The number of carbonyl (C=O) groups is 1. The van der Waals surface area contributed by atoms with E-state index in [0.717, 1.165) is 5.56 Å². The molecule has 2 aromatic rings. The quantitative estimate of drug-likeness (QED) is 0.891. The van der Waals surface area contributed by atoms with Crippen LogP contribution in [0.25, 0.3) is 0 Å². The molecule has 2 N–H and O–H groups in total. The molecule has 0 radical (unpaired) electrons. The molecule has 1 unspecified atom stereocenters. The minimum absolute atomic E-state index is 0.359. The van der Waals surface area contributed by atoms with Gasteiger partial charge in [0.05, 0.1) is 6.54 Å². The number of rotatable bonds is 5. The van der Waals surface area contributed by atoms with Crippen LogP contribution in [0.4, 0.5) is 0 Å². The fourth-order valence-corrected chi connectivity index (χ4v) is 1.98. The molecule has 5 heteroatoms. The Kier molecular flexibility index (Phi) is 4.17. The van der Waals surface area contributed by atoms with Crippen molar-refractivity contribution in [2.75, 3.05) is 0 Å². The lowest BCUT2D eigenvalue weighted by Crippen LogP contribution is -2.27. The SMILES string of the molecule is O=C(O)C(NCc1ccc(Br)o1)c1ccccc1. The third-order valence-electron chi connectivity index (χ3n) is 2.49. The second-order valence-corrected chi connectivity index (χ2v) is 4.55. The van der Waals surface area contributed by atoms with Crippen molar-refractivity contribution in [1.29, 1.82) is 0 Å². The molecule has 18 heavy (non-hydrogen) atoms. The second kappa shape index (κ2) is 5.84. The van der Waals surface area contributed by atoms with Crippen LogP contribution in [0.1, 0.15) is 17.4 Å². The van der Waals surface area contributed by atoms with E-state index >= 15 is 0 Å². The summed E-state index contributed by atoms with van der Waals surface area (Å²) in [7, 11) is 0. The number of furan rings is 1. The van der Waals surface area contributed by atoms with Crippen molar-refractivity contribution in [3.8, 4) is 0 Å². The Morgan fingerprint density at radius 2 is 2.00 bits per heavy atom. The lowest BCUT2D eigenvalue weighted by atomic mass is 10.1. The first-order valence-electron chi connectivity index (χ1n) is 5.42. The van der Waals surface area contributed by atoms with Gasteiger partial charge in [0.15, 0.2) is 4.67 Å². The first-order chi connectivity index (χ1) is 8.66. The molecule has 0 aliphatic heterocycles. The highest BCUT2D eigenvalue weighted by molar-refractivity contribution is 9.10. The maximum absolute atomic E-state index is 11.2. The fourth-order valence-electron chi connectivity index (χ4n) is 1.64. The molecule has 0 bridgehead atoms. The lowest BCUT2D eigenvalue weighted by molar-refractivity contribution is -0.139. The first kappa shape index (κ1) is 12.9. The molecule has 0 saturated carbocycles. The van der Waals surface area contributed by atoms with Crippen LogP contribution in [0.5, 0.6) is 0 Å². The fraction of sp³-hybridized carbons (Fsp3) is 0.154. The average molecular weight is 310 g/mol. The average Bonchev–Trinajstić information content (AvgIpc) is 2.76.